The van der Waals surface area contributed by atoms with E-state index in [2.05, 4.69) is 4.90 Å². The van der Waals surface area contributed by atoms with E-state index in [9.17, 15) is 14.7 Å². The molecule has 0 radical (unpaired) electrons. The first-order valence-corrected chi connectivity index (χ1v) is 11.4. The van der Waals surface area contributed by atoms with Crippen LogP contribution in [0.3, 0.4) is 0 Å². The number of aryl methyl sites for hydroxylation is 1. The molecule has 0 aromatic heterocycles. The molecule has 0 atom stereocenters. The third-order valence-electron chi connectivity index (χ3n) is 5.74. The predicted molar refractivity (Wildman–Crippen MR) is 126 cm³/mol. The van der Waals surface area contributed by atoms with Crippen LogP contribution < -0.4 is 4.74 Å². The molecule has 2 aliphatic heterocycles. The van der Waals surface area contributed by atoms with E-state index in [4.69, 9.17) is 32.7 Å². The van der Waals surface area contributed by atoms with Gasteiger partial charge in [0.2, 0.25) is 5.78 Å². The van der Waals surface area contributed by atoms with E-state index >= 15 is 0 Å². The van der Waals surface area contributed by atoms with Gasteiger partial charge in [-0.15, -0.1) is 0 Å². The first kappa shape index (κ1) is 23.4. The summed E-state index contributed by atoms with van der Waals surface area (Å²) in [6, 6.07) is 6.65. The van der Waals surface area contributed by atoms with Gasteiger partial charge in [-0.2, -0.15) is 0 Å². The number of hydrogen-bond donors (Lipinski definition) is 1. The van der Waals surface area contributed by atoms with Gasteiger partial charge < -0.3 is 19.5 Å². The molecule has 7 nitrogen and oxygen atoms in total. The highest BCUT2D eigenvalue weighted by Crippen LogP contribution is 2.42. The molecule has 0 unspecified atom stereocenters. The molecule has 0 bridgehead atoms. The molecule has 0 aliphatic carbocycles. The number of piperazine rings is 1. The number of phenols is 1. The fraction of sp³-hybridized carbons (Fsp3) is 0.333. The molecule has 0 spiro atoms. The number of carbonyl (C=O) groups is 2. The number of Topliss-reactive ketones (excluding diaryl/α,β-unsaturated/α-hetero) is 1. The Kier molecular flexibility index (Phi) is 6.83. The number of fused-ring (bicyclic) bond motifs is 1. The van der Waals surface area contributed by atoms with Crippen LogP contribution in [0.25, 0.3) is 6.08 Å². The lowest BCUT2D eigenvalue weighted by Crippen LogP contribution is -2.48. The number of benzene rings is 2. The maximum absolute atomic E-state index is 13.1. The Hall–Kier alpha value is -2.74. The average Bonchev–Trinajstić information content (AvgIpc) is 3.10. The van der Waals surface area contributed by atoms with Crippen molar-refractivity contribution in [2.24, 2.45) is 0 Å². The number of rotatable bonds is 4. The van der Waals surface area contributed by atoms with Crippen molar-refractivity contribution in [3.8, 4) is 11.5 Å². The minimum absolute atomic E-state index is 0.0719. The Labute approximate surface area is 202 Å². The van der Waals surface area contributed by atoms with Crippen LogP contribution in [0.15, 0.2) is 30.0 Å². The van der Waals surface area contributed by atoms with E-state index in [1.807, 2.05) is 0 Å². The molecular formula is C24H24Cl2N2O5. The summed E-state index contributed by atoms with van der Waals surface area (Å²) >= 11 is 12.1. The number of ether oxygens (including phenoxy) is 2. The second kappa shape index (κ2) is 9.63. The Morgan fingerprint density at radius 1 is 1.18 bits per heavy atom. The van der Waals surface area contributed by atoms with Crippen LogP contribution in [-0.2, 0) is 11.3 Å². The quantitative estimate of drug-likeness (QED) is 0.614. The summed E-state index contributed by atoms with van der Waals surface area (Å²) < 4.78 is 11.0. The summed E-state index contributed by atoms with van der Waals surface area (Å²) in [5.74, 6) is 0.353. The highest BCUT2D eigenvalue weighted by atomic mass is 35.5. The zero-order valence-electron chi connectivity index (χ0n) is 18.4. The van der Waals surface area contributed by atoms with Gasteiger partial charge in [0, 0.05) is 32.7 Å². The van der Waals surface area contributed by atoms with E-state index in [0.717, 1.165) is 0 Å². The topological polar surface area (TPSA) is 79.3 Å². The van der Waals surface area contributed by atoms with Gasteiger partial charge in [0.25, 0.3) is 0 Å². The van der Waals surface area contributed by atoms with Crippen LogP contribution in [-0.4, -0.2) is 59.6 Å². The van der Waals surface area contributed by atoms with Crippen LogP contribution in [0, 0.1) is 6.92 Å². The summed E-state index contributed by atoms with van der Waals surface area (Å²) in [5, 5.41) is 11.5. The molecule has 1 amide bonds. The number of aromatic hydroxyl groups is 1. The van der Waals surface area contributed by atoms with Crippen molar-refractivity contribution in [3.63, 3.8) is 0 Å². The van der Waals surface area contributed by atoms with Gasteiger partial charge in [0.15, 0.2) is 5.76 Å². The Morgan fingerprint density at radius 3 is 2.58 bits per heavy atom. The van der Waals surface area contributed by atoms with Gasteiger partial charge in [-0.1, -0.05) is 29.3 Å². The summed E-state index contributed by atoms with van der Waals surface area (Å²) in [5.41, 5.74) is 2.31. The normalized spacial score (nSPS) is 17.3. The maximum atomic E-state index is 13.1. The lowest BCUT2D eigenvalue weighted by Gasteiger charge is -2.34. The van der Waals surface area contributed by atoms with Crippen molar-refractivity contribution in [2.45, 2.75) is 20.4 Å². The SMILES string of the molecule is CCOC(=O)N1CCN(Cc2c(O)cc(C)c3c2O/C(=C\c2ccc(Cl)c(Cl)c2)C3=O)CC1. The molecular weight excluding hydrogens is 467 g/mol. The van der Waals surface area contributed by atoms with Crippen LogP contribution in [0.4, 0.5) is 4.79 Å². The number of carbonyl (C=O) groups excluding carboxylic acids is 2. The van der Waals surface area contributed by atoms with E-state index in [1.54, 1.807) is 49.1 Å². The second-order valence-corrected chi connectivity index (χ2v) is 8.79. The molecule has 0 saturated carbocycles. The summed E-state index contributed by atoms with van der Waals surface area (Å²) in [6.07, 6.45) is 1.30. The van der Waals surface area contributed by atoms with Crippen LogP contribution >= 0.6 is 23.2 Å². The molecule has 33 heavy (non-hydrogen) atoms. The van der Waals surface area contributed by atoms with E-state index in [-0.39, 0.29) is 23.4 Å². The summed E-state index contributed by atoms with van der Waals surface area (Å²) in [6.45, 7) is 6.54. The van der Waals surface area contributed by atoms with Crippen LogP contribution in [0.2, 0.25) is 10.0 Å². The Bertz CT molecular complexity index is 1140. The van der Waals surface area contributed by atoms with E-state index in [0.29, 0.717) is 77.4 Å². The average molecular weight is 491 g/mol. The molecule has 4 rings (SSSR count). The lowest BCUT2D eigenvalue weighted by molar-refractivity contribution is 0.0774. The van der Waals surface area contributed by atoms with Gasteiger partial charge in [0.1, 0.15) is 11.5 Å². The van der Waals surface area contributed by atoms with Crippen molar-refractivity contribution < 1.29 is 24.2 Å². The zero-order chi connectivity index (χ0) is 23.7. The molecule has 9 heteroatoms. The third-order valence-corrected chi connectivity index (χ3v) is 6.48. The minimum atomic E-state index is -0.317. The lowest BCUT2D eigenvalue weighted by atomic mass is 9.99. The number of nitrogens with zero attached hydrogens (tertiary/aromatic N) is 2. The van der Waals surface area contributed by atoms with Crippen LogP contribution in [0.1, 0.15) is 34.0 Å². The summed E-state index contributed by atoms with van der Waals surface area (Å²) in [7, 11) is 0. The number of amides is 1. The first-order valence-electron chi connectivity index (χ1n) is 10.7. The van der Waals surface area contributed by atoms with Crippen molar-refractivity contribution in [1.29, 1.82) is 0 Å². The van der Waals surface area contributed by atoms with Gasteiger partial charge in [-0.25, -0.2) is 4.79 Å². The predicted octanol–water partition coefficient (Wildman–Crippen LogP) is 4.90. The number of allylic oxidation sites excluding steroid dienone is 1. The molecule has 174 valence electrons. The van der Waals surface area contributed by atoms with Gasteiger partial charge in [-0.3, -0.25) is 9.69 Å². The highest BCUT2D eigenvalue weighted by molar-refractivity contribution is 6.42. The van der Waals surface area contributed by atoms with Gasteiger partial charge >= 0.3 is 6.09 Å². The molecule has 1 N–H and O–H groups in total. The highest BCUT2D eigenvalue weighted by Gasteiger charge is 2.34. The number of hydrogen-bond acceptors (Lipinski definition) is 6. The molecule has 1 saturated heterocycles. The standard InChI is InChI=1S/C24H24Cl2N2O5/c1-3-32-24(31)28-8-6-27(7-9-28)13-16-19(29)10-14(2)21-22(30)20(33-23(16)21)12-15-4-5-17(25)18(26)11-15/h4-5,10-12,29H,3,6-9,13H2,1-2H3/b20-12-. The van der Waals surface area contributed by atoms with Gasteiger partial charge in [-0.05, 0) is 49.2 Å². The molecule has 2 aliphatic rings. The van der Waals surface area contributed by atoms with E-state index < -0.39 is 0 Å². The molecule has 2 aromatic rings. The molecule has 2 aromatic carbocycles. The Morgan fingerprint density at radius 2 is 1.91 bits per heavy atom. The number of ketones is 1. The van der Waals surface area contributed by atoms with Crippen molar-refractivity contribution in [2.75, 3.05) is 32.8 Å². The van der Waals surface area contributed by atoms with Gasteiger partial charge in [0.05, 0.1) is 27.8 Å². The minimum Gasteiger partial charge on any atom is -0.507 e. The maximum Gasteiger partial charge on any atom is 0.409 e. The monoisotopic (exact) mass is 490 g/mol. The van der Waals surface area contributed by atoms with Crippen molar-refractivity contribution in [3.05, 3.63) is 62.3 Å². The molecule has 1 fully saturated rings. The fourth-order valence-electron chi connectivity index (χ4n) is 4.01. The largest absolute Gasteiger partial charge is 0.507 e. The number of halogens is 2. The Balaban J connectivity index is 1.56. The van der Waals surface area contributed by atoms with Crippen molar-refractivity contribution in [1.82, 2.24) is 9.80 Å². The van der Waals surface area contributed by atoms with Crippen molar-refractivity contribution >= 4 is 41.2 Å². The van der Waals surface area contributed by atoms with E-state index in [1.165, 1.54) is 0 Å². The second-order valence-electron chi connectivity index (χ2n) is 7.97. The van der Waals surface area contributed by atoms with Crippen LogP contribution in [0.5, 0.6) is 11.5 Å². The number of phenolic OH excluding ortho intramolecular Hbond substituents is 1. The third kappa shape index (κ3) is 4.81. The molecule has 2 heterocycles. The summed E-state index contributed by atoms with van der Waals surface area (Å²) in [4.78, 5) is 28.8. The first-order chi connectivity index (χ1) is 15.8. The fourth-order valence-corrected chi connectivity index (χ4v) is 4.32. The zero-order valence-corrected chi connectivity index (χ0v) is 19.9. The smallest absolute Gasteiger partial charge is 0.409 e.